The van der Waals surface area contributed by atoms with Crippen LogP contribution in [0.2, 0.25) is 0 Å². The maximum absolute atomic E-state index is 10.9. The normalized spacial score (nSPS) is 8.67. The second kappa shape index (κ2) is 3.54. The summed E-state index contributed by atoms with van der Waals surface area (Å²) in [6, 6.07) is 6.50. The minimum absolute atomic E-state index is 0.0432. The number of benzene rings is 1. The second-order valence-corrected chi connectivity index (χ2v) is 2.28. The summed E-state index contributed by atoms with van der Waals surface area (Å²) in [5, 5.41) is 8.19. The summed E-state index contributed by atoms with van der Waals surface area (Å²) < 4.78 is 4.55. The van der Waals surface area contributed by atoms with Crippen LogP contribution >= 0.6 is 0 Å². The van der Waals surface area contributed by atoms with Gasteiger partial charge in [0.1, 0.15) is 5.75 Å². The molecular formula is C9H7NO2. The summed E-state index contributed by atoms with van der Waals surface area (Å²) >= 11 is 0. The van der Waals surface area contributed by atoms with E-state index in [0.29, 0.717) is 11.3 Å². The zero-order valence-electron chi connectivity index (χ0n) is 6.57. The predicted octanol–water partition coefficient (Wildman–Crippen LogP) is 1.75. The maximum Gasteiger partial charge on any atom is 0.292 e. The van der Waals surface area contributed by atoms with Crippen LogP contribution in [0, 0.1) is 11.5 Å². The van der Waals surface area contributed by atoms with Crippen molar-refractivity contribution in [1.82, 2.24) is 0 Å². The standard InChI is InChI=1S/C9H7NO2/c1-7(11)8-3-2-4-9(5-8)12-6-10/h2-5H,1H3. The van der Waals surface area contributed by atoms with Gasteiger partial charge >= 0.3 is 0 Å². The Balaban J connectivity index is 2.97. The largest absolute Gasteiger partial charge is 0.388 e. The van der Waals surface area contributed by atoms with Crippen LogP contribution in [-0.4, -0.2) is 5.78 Å². The Hall–Kier alpha value is -1.82. The number of nitrogens with zero attached hydrogens (tertiary/aromatic N) is 1. The molecule has 0 radical (unpaired) electrons. The molecule has 0 spiro atoms. The van der Waals surface area contributed by atoms with E-state index in [4.69, 9.17) is 5.26 Å². The van der Waals surface area contributed by atoms with Crippen molar-refractivity contribution in [2.45, 2.75) is 6.92 Å². The van der Waals surface area contributed by atoms with Gasteiger partial charge in [0, 0.05) is 5.56 Å². The number of nitriles is 1. The number of ketones is 1. The van der Waals surface area contributed by atoms with Crippen molar-refractivity contribution in [2.24, 2.45) is 0 Å². The van der Waals surface area contributed by atoms with E-state index in [1.165, 1.54) is 19.2 Å². The average Bonchev–Trinajstić information content (AvgIpc) is 2.05. The fourth-order valence-corrected chi connectivity index (χ4v) is 0.831. The molecule has 1 aromatic carbocycles. The lowest BCUT2D eigenvalue weighted by atomic mass is 10.1. The molecule has 0 aromatic heterocycles. The van der Waals surface area contributed by atoms with Gasteiger partial charge in [0.05, 0.1) is 0 Å². The maximum atomic E-state index is 10.9. The van der Waals surface area contributed by atoms with Crippen molar-refractivity contribution in [3.8, 4) is 12.0 Å². The van der Waals surface area contributed by atoms with E-state index in [-0.39, 0.29) is 5.78 Å². The molecule has 0 fully saturated rings. The molecule has 0 N–H and O–H groups in total. The summed E-state index contributed by atoms with van der Waals surface area (Å²) in [5.41, 5.74) is 0.544. The van der Waals surface area contributed by atoms with Crippen molar-refractivity contribution < 1.29 is 9.53 Å². The fourth-order valence-electron chi connectivity index (χ4n) is 0.831. The van der Waals surface area contributed by atoms with E-state index in [1.807, 2.05) is 0 Å². The molecule has 0 aliphatic rings. The van der Waals surface area contributed by atoms with Crippen molar-refractivity contribution in [3.05, 3.63) is 29.8 Å². The first-order valence-electron chi connectivity index (χ1n) is 3.41. The Morgan fingerprint density at radius 2 is 2.33 bits per heavy atom. The molecular weight excluding hydrogens is 154 g/mol. The van der Waals surface area contributed by atoms with Crippen molar-refractivity contribution in [3.63, 3.8) is 0 Å². The van der Waals surface area contributed by atoms with E-state index in [1.54, 1.807) is 18.2 Å². The summed E-state index contributed by atoms with van der Waals surface area (Å²) in [7, 11) is 0. The van der Waals surface area contributed by atoms with Gasteiger partial charge in [0.25, 0.3) is 6.26 Å². The second-order valence-electron chi connectivity index (χ2n) is 2.28. The zero-order chi connectivity index (χ0) is 8.97. The molecule has 0 atom stereocenters. The summed E-state index contributed by atoms with van der Waals surface area (Å²) in [4.78, 5) is 10.9. The third-order valence-electron chi connectivity index (χ3n) is 1.40. The molecule has 0 amide bonds. The number of hydrogen-bond acceptors (Lipinski definition) is 3. The van der Waals surface area contributed by atoms with Gasteiger partial charge in [-0.05, 0) is 19.1 Å². The molecule has 3 nitrogen and oxygen atoms in total. The smallest absolute Gasteiger partial charge is 0.292 e. The Kier molecular flexibility index (Phi) is 2.44. The Morgan fingerprint density at radius 3 is 2.92 bits per heavy atom. The van der Waals surface area contributed by atoms with Crippen molar-refractivity contribution in [2.75, 3.05) is 0 Å². The third kappa shape index (κ3) is 1.83. The molecule has 0 unspecified atom stereocenters. The van der Waals surface area contributed by atoms with Crippen LogP contribution in [0.4, 0.5) is 0 Å². The minimum atomic E-state index is -0.0432. The van der Waals surface area contributed by atoms with Gasteiger partial charge in [-0.15, -0.1) is 5.26 Å². The Morgan fingerprint density at radius 1 is 1.58 bits per heavy atom. The first kappa shape index (κ1) is 8.28. The monoisotopic (exact) mass is 161 g/mol. The highest BCUT2D eigenvalue weighted by molar-refractivity contribution is 5.94. The van der Waals surface area contributed by atoms with Crippen LogP contribution in [-0.2, 0) is 0 Å². The third-order valence-corrected chi connectivity index (χ3v) is 1.40. The molecule has 12 heavy (non-hydrogen) atoms. The van der Waals surface area contributed by atoms with E-state index < -0.39 is 0 Å². The van der Waals surface area contributed by atoms with Crippen LogP contribution in [0.3, 0.4) is 0 Å². The number of carbonyl (C=O) groups is 1. The lowest BCUT2D eigenvalue weighted by molar-refractivity contribution is 0.101. The number of ether oxygens (including phenoxy) is 1. The van der Waals surface area contributed by atoms with E-state index in [0.717, 1.165) is 0 Å². The van der Waals surface area contributed by atoms with Gasteiger partial charge in [-0.25, -0.2) is 0 Å². The number of carbonyl (C=O) groups excluding carboxylic acids is 1. The minimum Gasteiger partial charge on any atom is -0.388 e. The number of hydrogen-bond donors (Lipinski definition) is 0. The van der Waals surface area contributed by atoms with Crippen LogP contribution in [0.15, 0.2) is 24.3 Å². The molecule has 1 aromatic rings. The SMILES string of the molecule is CC(=O)c1cccc(OC#N)c1. The van der Waals surface area contributed by atoms with Gasteiger partial charge in [-0.1, -0.05) is 12.1 Å². The summed E-state index contributed by atoms with van der Waals surface area (Å²) in [6.45, 7) is 1.46. The van der Waals surface area contributed by atoms with Crippen molar-refractivity contribution in [1.29, 1.82) is 5.26 Å². The van der Waals surface area contributed by atoms with Gasteiger partial charge < -0.3 is 4.74 Å². The highest BCUT2D eigenvalue weighted by Crippen LogP contribution is 2.12. The Labute approximate surface area is 70.2 Å². The van der Waals surface area contributed by atoms with Gasteiger partial charge in [-0.3, -0.25) is 4.79 Å². The molecule has 0 bridgehead atoms. The summed E-state index contributed by atoms with van der Waals surface area (Å²) in [6.07, 6.45) is 1.54. The van der Waals surface area contributed by atoms with Crippen LogP contribution in [0.25, 0.3) is 0 Å². The van der Waals surface area contributed by atoms with Crippen LogP contribution in [0.5, 0.6) is 5.75 Å². The fraction of sp³-hybridized carbons (Fsp3) is 0.111. The van der Waals surface area contributed by atoms with Crippen molar-refractivity contribution >= 4 is 5.78 Å². The van der Waals surface area contributed by atoms with Gasteiger partial charge in [-0.2, -0.15) is 0 Å². The Bertz CT molecular complexity index is 339. The van der Waals surface area contributed by atoms with Crippen LogP contribution < -0.4 is 4.74 Å². The average molecular weight is 161 g/mol. The highest BCUT2D eigenvalue weighted by atomic mass is 16.5. The lowest BCUT2D eigenvalue weighted by Gasteiger charge is -1.97. The predicted molar refractivity (Wildman–Crippen MR) is 42.7 cm³/mol. The molecule has 0 heterocycles. The van der Waals surface area contributed by atoms with Gasteiger partial charge in [0.2, 0.25) is 0 Å². The molecule has 0 saturated carbocycles. The topological polar surface area (TPSA) is 50.1 Å². The lowest BCUT2D eigenvalue weighted by Crippen LogP contribution is -1.92. The highest BCUT2D eigenvalue weighted by Gasteiger charge is 1.99. The first-order chi connectivity index (χ1) is 5.74. The van der Waals surface area contributed by atoms with Gasteiger partial charge in [0.15, 0.2) is 5.78 Å². The molecule has 0 aliphatic carbocycles. The van der Waals surface area contributed by atoms with E-state index in [9.17, 15) is 4.79 Å². The molecule has 60 valence electrons. The molecule has 0 saturated heterocycles. The summed E-state index contributed by atoms with van der Waals surface area (Å²) in [5.74, 6) is 0.351. The molecule has 3 heteroatoms. The zero-order valence-corrected chi connectivity index (χ0v) is 6.57. The molecule has 1 rings (SSSR count). The van der Waals surface area contributed by atoms with E-state index >= 15 is 0 Å². The van der Waals surface area contributed by atoms with E-state index in [2.05, 4.69) is 4.74 Å². The quantitative estimate of drug-likeness (QED) is 0.490. The molecule has 0 aliphatic heterocycles. The first-order valence-corrected chi connectivity index (χ1v) is 3.41. The number of Topliss-reactive ketones (excluding diaryl/α,β-unsaturated/α-hetero) is 1. The van der Waals surface area contributed by atoms with Crippen LogP contribution in [0.1, 0.15) is 17.3 Å². The number of rotatable bonds is 2.